The van der Waals surface area contributed by atoms with Crippen molar-refractivity contribution in [3.63, 3.8) is 0 Å². The first-order valence-electron chi connectivity index (χ1n) is 15.8. The van der Waals surface area contributed by atoms with E-state index in [4.69, 9.17) is 9.47 Å². The van der Waals surface area contributed by atoms with Crippen molar-refractivity contribution in [2.45, 2.75) is 19.3 Å². The summed E-state index contributed by atoms with van der Waals surface area (Å²) in [6, 6.07) is 14.1. The third kappa shape index (κ3) is 7.74. The molecule has 2 amide bonds. The van der Waals surface area contributed by atoms with Crippen LogP contribution < -0.4 is 25.4 Å². The van der Waals surface area contributed by atoms with Gasteiger partial charge in [-0.1, -0.05) is 12.1 Å². The van der Waals surface area contributed by atoms with Gasteiger partial charge in [-0.3, -0.25) is 10.00 Å². The highest BCUT2D eigenvalue weighted by Crippen LogP contribution is 2.36. The van der Waals surface area contributed by atoms with Gasteiger partial charge in [0, 0.05) is 68.3 Å². The fourth-order valence-corrected chi connectivity index (χ4v) is 5.84. The number of anilines is 3. The highest BCUT2D eigenvalue weighted by Gasteiger charge is 2.34. The van der Waals surface area contributed by atoms with Crippen LogP contribution in [0.3, 0.4) is 0 Å². The number of hydrogen-bond donors (Lipinski definition) is 4. The Hall–Kier alpha value is -5.41. The van der Waals surface area contributed by atoms with E-state index in [1.165, 1.54) is 24.3 Å². The number of rotatable bonds is 10. The van der Waals surface area contributed by atoms with E-state index in [1.54, 1.807) is 38.6 Å². The van der Waals surface area contributed by atoms with E-state index in [0.29, 0.717) is 59.1 Å². The lowest BCUT2D eigenvalue weighted by molar-refractivity contribution is -0.138. The maximum atomic E-state index is 15.4. The Morgan fingerprint density at radius 2 is 1.72 bits per heavy atom. The van der Waals surface area contributed by atoms with Gasteiger partial charge in [0.2, 0.25) is 0 Å². The van der Waals surface area contributed by atoms with Gasteiger partial charge in [-0.25, -0.2) is 14.2 Å². The molecule has 50 heavy (non-hydrogen) atoms. The number of ether oxygens (including phenoxy) is 2. The minimum atomic E-state index is -4.62. The number of likely N-dealkylation sites (N-methyl/N-ethyl adjacent to an activating group) is 1. The fourth-order valence-electron chi connectivity index (χ4n) is 5.84. The number of aromatic amines is 1. The highest BCUT2D eigenvalue weighted by molar-refractivity contribution is 6.02. The molecule has 5 aromatic rings. The van der Waals surface area contributed by atoms with Crippen molar-refractivity contribution in [3.05, 3.63) is 89.4 Å². The molecule has 0 bridgehead atoms. The van der Waals surface area contributed by atoms with Gasteiger partial charge in [0.1, 0.15) is 28.8 Å². The molecule has 1 aliphatic heterocycles. The van der Waals surface area contributed by atoms with Crippen LogP contribution in [0.15, 0.2) is 66.9 Å². The first kappa shape index (κ1) is 34.5. The second-order valence-corrected chi connectivity index (χ2v) is 11.9. The Bertz CT molecular complexity index is 1990. The molecule has 3 heterocycles. The van der Waals surface area contributed by atoms with E-state index < -0.39 is 23.6 Å². The first-order valence-corrected chi connectivity index (χ1v) is 15.8. The molecule has 0 spiro atoms. The quantitative estimate of drug-likeness (QED) is 0.118. The van der Waals surface area contributed by atoms with Crippen molar-refractivity contribution in [2.75, 3.05) is 63.4 Å². The molecule has 0 atom stereocenters. The van der Waals surface area contributed by atoms with Gasteiger partial charge in [0.05, 0.1) is 36.4 Å². The van der Waals surface area contributed by atoms with Crippen LogP contribution in [0.5, 0.6) is 11.5 Å². The Balaban J connectivity index is 1.16. The Kier molecular flexibility index (Phi) is 10.1. The van der Waals surface area contributed by atoms with Crippen molar-refractivity contribution < 1.29 is 31.8 Å². The third-order valence-corrected chi connectivity index (χ3v) is 8.57. The van der Waals surface area contributed by atoms with Crippen LogP contribution in [0, 0.1) is 5.82 Å². The number of carbonyl (C=O) groups excluding carboxylic acids is 1. The number of halogens is 4. The lowest BCUT2D eigenvalue weighted by Gasteiger charge is -2.33. The monoisotopic (exact) mass is 692 g/mol. The summed E-state index contributed by atoms with van der Waals surface area (Å²) in [5.74, 6) is 1.01. The summed E-state index contributed by atoms with van der Waals surface area (Å²) in [5.41, 5.74) is 1.39. The smallest absolute Gasteiger partial charge is 0.416 e. The summed E-state index contributed by atoms with van der Waals surface area (Å²) >= 11 is 0. The number of methoxy groups -OCH3 is 2. The number of alkyl halides is 3. The van der Waals surface area contributed by atoms with Crippen molar-refractivity contribution in [1.82, 2.24) is 25.0 Å². The number of hydrogen-bond acceptors (Lipinski definition) is 8. The van der Waals surface area contributed by atoms with Gasteiger partial charge in [-0.2, -0.15) is 18.3 Å². The number of fused-ring (bicyclic) bond motifs is 1. The summed E-state index contributed by atoms with van der Waals surface area (Å²) in [6.07, 6.45) is -3.01. The van der Waals surface area contributed by atoms with Crippen LogP contribution in [0.2, 0.25) is 0 Å². The van der Waals surface area contributed by atoms with Crippen LogP contribution in [0.25, 0.3) is 22.2 Å². The second kappa shape index (κ2) is 14.6. The molecule has 15 heteroatoms. The number of H-pyrrole nitrogens is 1. The molecule has 1 fully saturated rings. The highest BCUT2D eigenvalue weighted by atomic mass is 19.4. The number of amides is 2. The molecule has 0 aliphatic carbocycles. The number of piperazine rings is 1. The number of benzene rings is 3. The van der Waals surface area contributed by atoms with E-state index in [2.05, 4.69) is 36.0 Å². The summed E-state index contributed by atoms with van der Waals surface area (Å²) in [6.45, 7) is 3.36. The van der Waals surface area contributed by atoms with E-state index >= 15 is 4.39 Å². The number of urea groups is 1. The zero-order chi connectivity index (χ0) is 35.4. The molecule has 3 aromatic carbocycles. The van der Waals surface area contributed by atoms with E-state index in [1.807, 2.05) is 24.1 Å². The van der Waals surface area contributed by atoms with Gasteiger partial charge in [-0.05, 0) is 55.1 Å². The maximum absolute atomic E-state index is 15.4. The molecule has 1 saturated heterocycles. The van der Waals surface area contributed by atoms with Crippen molar-refractivity contribution in [3.8, 4) is 22.8 Å². The number of pyridine rings is 1. The predicted molar refractivity (Wildman–Crippen MR) is 183 cm³/mol. The zero-order valence-corrected chi connectivity index (χ0v) is 27.6. The predicted octanol–water partition coefficient (Wildman–Crippen LogP) is 6.80. The molecule has 262 valence electrons. The van der Waals surface area contributed by atoms with Crippen LogP contribution >= 0.6 is 0 Å². The minimum absolute atomic E-state index is 0.0724. The van der Waals surface area contributed by atoms with Crippen LogP contribution in [-0.4, -0.2) is 78.5 Å². The molecule has 0 saturated carbocycles. The summed E-state index contributed by atoms with van der Waals surface area (Å²) in [4.78, 5) is 21.4. The molecule has 1 aliphatic rings. The van der Waals surface area contributed by atoms with E-state index in [9.17, 15) is 18.0 Å². The molecular weight excluding hydrogens is 656 g/mol. The number of carbonyl (C=O) groups is 1. The van der Waals surface area contributed by atoms with Crippen LogP contribution in [0.4, 0.5) is 39.5 Å². The number of aromatic nitrogens is 3. The third-order valence-electron chi connectivity index (χ3n) is 8.57. The van der Waals surface area contributed by atoms with Gasteiger partial charge in [-0.15, -0.1) is 0 Å². The van der Waals surface area contributed by atoms with Crippen molar-refractivity contribution in [2.24, 2.45) is 0 Å². The second-order valence-electron chi connectivity index (χ2n) is 11.9. The first-order chi connectivity index (χ1) is 24.0. The van der Waals surface area contributed by atoms with Gasteiger partial charge in [0.15, 0.2) is 0 Å². The van der Waals surface area contributed by atoms with Gasteiger partial charge in [0.25, 0.3) is 0 Å². The lowest BCUT2D eigenvalue weighted by Crippen LogP contribution is -2.44. The molecule has 4 N–H and O–H groups in total. The average Bonchev–Trinajstić information content (AvgIpc) is 3.54. The molecular formula is C35H36F4N8O3. The average molecular weight is 693 g/mol. The minimum Gasteiger partial charge on any atom is -0.497 e. The summed E-state index contributed by atoms with van der Waals surface area (Å²) in [5, 5.41) is 16.0. The number of nitrogens with zero attached hydrogens (tertiary/aromatic N) is 4. The molecule has 6 rings (SSSR count). The molecule has 0 unspecified atom stereocenters. The zero-order valence-electron chi connectivity index (χ0n) is 27.6. The van der Waals surface area contributed by atoms with Crippen molar-refractivity contribution >= 4 is 34.1 Å². The largest absolute Gasteiger partial charge is 0.497 e. The lowest BCUT2D eigenvalue weighted by atomic mass is 10.0. The Morgan fingerprint density at radius 1 is 0.940 bits per heavy atom. The maximum Gasteiger partial charge on any atom is 0.416 e. The summed E-state index contributed by atoms with van der Waals surface area (Å²) < 4.78 is 68.2. The molecule has 2 aromatic heterocycles. The topological polar surface area (TPSA) is 120 Å². The standard InChI is InChI=1S/C35H36F4N8O3/c1-46-12-14-47(15-13-46)20-23-4-7-24(17-26(23)35(37,38)39)42-34(48)43-28-9-6-21(16-27(28)36)32-31-29(44-45-32)10-11-40-33(31)41-19-22-5-8-25(49-2)18-30(22)50-3/h4-11,16-18H,12-15,19-20H2,1-3H3,(H,40,41)(H,44,45)(H2,42,43,48). The summed E-state index contributed by atoms with van der Waals surface area (Å²) in [7, 11) is 5.11. The number of nitrogens with one attached hydrogen (secondary N) is 4. The van der Waals surface area contributed by atoms with Crippen LogP contribution in [0.1, 0.15) is 16.7 Å². The van der Waals surface area contributed by atoms with E-state index in [0.717, 1.165) is 24.7 Å². The normalized spacial score (nSPS) is 14.1. The van der Waals surface area contributed by atoms with E-state index in [-0.39, 0.29) is 23.5 Å². The molecule has 11 nitrogen and oxygen atoms in total. The van der Waals surface area contributed by atoms with Gasteiger partial charge >= 0.3 is 12.2 Å². The van der Waals surface area contributed by atoms with Gasteiger partial charge < -0.3 is 30.3 Å². The molecule has 0 radical (unpaired) electrons. The SMILES string of the molecule is COc1ccc(CNc2nccc3[nH]nc(-c4ccc(NC(=O)Nc5ccc(CN6CCN(C)CC6)c(C(F)(F)F)c5)c(F)c4)c23)c(OC)c1. The van der Waals surface area contributed by atoms with Crippen LogP contribution in [-0.2, 0) is 19.3 Å². The Labute approximate surface area is 285 Å². The Morgan fingerprint density at radius 3 is 2.44 bits per heavy atom. The van der Waals surface area contributed by atoms with Crippen molar-refractivity contribution in [1.29, 1.82) is 0 Å². The fraction of sp³-hybridized carbons (Fsp3) is 0.286.